The fraction of sp³-hybridized carbons (Fsp3) is 0.600. The lowest BCUT2D eigenvalue weighted by Gasteiger charge is -2.07. The molecule has 0 saturated carbocycles. The maximum Gasteiger partial charge on any atom is 0.107 e. The lowest BCUT2D eigenvalue weighted by atomic mass is 10.0. The van der Waals surface area contributed by atoms with E-state index in [2.05, 4.69) is 19.9 Å². The van der Waals surface area contributed by atoms with Crippen LogP contribution in [0.5, 0.6) is 0 Å². The Kier molecular flexibility index (Phi) is 2.75. The number of rotatable bonds is 3. The molecule has 62 valence electrons. The molecule has 0 radical (unpaired) electrons. The summed E-state index contributed by atoms with van der Waals surface area (Å²) in [4.78, 5) is 0. The highest BCUT2D eigenvalue weighted by molar-refractivity contribution is 5.09. The minimum absolute atomic E-state index is 0.615. The normalized spacial score (nSPS) is 10.9. The third-order valence-electron chi connectivity index (χ3n) is 2.15. The number of hydrogen-bond acceptors (Lipinski definition) is 1. The first kappa shape index (κ1) is 8.38. The fourth-order valence-corrected chi connectivity index (χ4v) is 1.36. The molecule has 0 aromatic carbocycles. The summed E-state index contributed by atoms with van der Waals surface area (Å²) in [7, 11) is 0. The SMILES string of the molecule is CCC(CC)c1ccc(C)o1. The molecular formula is C10H16O. The number of furan rings is 1. The van der Waals surface area contributed by atoms with Gasteiger partial charge in [0.2, 0.25) is 0 Å². The second-order valence-electron chi connectivity index (χ2n) is 2.96. The minimum Gasteiger partial charge on any atom is -0.466 e. The quantitative estimate of drug-likeness (QED) is 0.646. The van der Waals surface area contributed by atoms with Gasteiger partial charge in [0.05, 0.1) is 0 Å². The first-order chi connectivity index (χ1) is 5.27. The molecule has 1 nitrogen and oxygen atoms in total. The molecule has 1 aromatic heterocycles. The van der Waals surface area contributed by atoms with Gasteiger partial charge in [0.1, 0.15) is 11.5 Å². The molecule has 0 saturated heterocycles. The third-order valence-corrected chi connectivity index (χ3v) is 2.15. The molecule has 0 N–H and O–H groups in total. The Morgan fingerprint density at radius 2 is 1.91 bits per heavy atom. The van der Waals surface area contributed by atoms with Gasteiger partial charge in [-0.1, -0.05) is 13.8 Å². The zero-order valence-corrected chi connectivity index (χ0v) is 7.55. The van der Waals surface area contributed by atoms with Gasteiger partial charge in [0, 0.05) is 5.92 Å². The molecule has 0 amide bonds. The lowest BCUT2D eigenvalue weighted by Crippen LogP contribution is -1.91. The summed E-state index contributed by atoms with van der Waals surface area (Å²) in [6.45, 7) is 6.39. The summed E-state index contributed by atoms with van der Waals surface area (Å²) in [6, 6.07) is 4.13. The van der Waals surface area contributed by atoms with Crippen LogP contribution in [0.3, 0.4) is 0 Å². The number of hydrogen-bond donors (Lipinski definition) is 0. The Morgan fingerprint density at radius 3 is 2.27 bits per heavy atom. The van der Waals surface area contributed by atoms with E-state index < -0.39 is 0 Å². The smallest absolute Gasteiger partial charge is 0.107 e. The molecule has 0 atom stereocenters. The van der Waals surface area contributed by atoms with E-state index in [-0.39, 0.29) is 0 Å². The monoisotopic (exact) mass is 152 g/mol. The summed E-state index contributed by atoms with van der Waals surface area (Å²) in [6.07, 6.45) is 2.34. The van der Waals surface area contributed by atoms with Crippen LogP contribution in [-0.4, -0.2) is 0 Å². The van der Waals surface area contributed by atoms with E-state index in [4.69, 9.17) is 4.42 Å². The highest BCUT2D eigenvalue weighted by Gasteiger charge is 2.09. The Hall–Kier alpha value is -0.720. The van der Waals surface area contributed by atoms with Crippen molar-refractivity contribution in [2.75, 3.05) is 0 Å². The van der Waals surface area contributed by atoms with Crippen LogP contribution in [0.1, 0.15) is 44.1 Å². The Labute approximate surface area is 68.4 Å². The largest absolute Gasteiger partial charge is 0.466 e. The van der Waals surface area contributed by atoms with E-state index in [1.807, 2.05) is 13.0 Å². The molecule has 0 unspecified atom stereocenters. The van der Waals surface area contributed by atoms with Crippen molar-refractivity contribution < 1.29 is 4.42 Å². The second kappa shape index (κ2) is 3.61. The van der Waals surface area contributed by atoms with E-state index in [1.54, 1.807) is 0 Å². The van der Waals surface area contributed by atoms with Gasteiger partial charge in [-0.25, -0.2) is 0 Å². The molecule has 0 fully saturated rings. The average Bonchev–Trinajstić information content (AvgIpc) is 2.39. The predicted molar refractivity (Wildman–Crippen MR) is 46.8 cm³/mol. The van der Waals surface area contributed by atoms with Gasteiger partial charge >= 0.3 is 0 Å². The Bertz CT molecular complexity index is 208. The van der Waals surface area contributed by atoms with Crippen molar-refractivity contribution in [3.63, 3.8) is 0 Å². The lowest BCUT2D eigenvalue weighted by molar-refractivity contribution is 0.430. The zero-order valence-electron chi connectivity index (χ0n) is 7.55. The van der Waals surface area contributed by atoms with Crippen LogP contribution < -0.4 is 0 Å². The molecule has 1 rings (SSSR count). The first-order valence-electron chi connectivity index (χ1n) is 4.34. The molecule has 0 aliphatic carbocycles. The molecule has 1 aromatic rings. The van der Waals surface area contributed by atoms with E-state index in [9.17, 15) is 0 Å². The van der Waals surface area contributed by atoms with Crippen molar-refractivity contribution in [2.45, 2.75) is 39.5 Å². The minimum atomic E-state index is 0.615. The molecular weight excluding hydrogens is 136 g/mol. The Balaban J connectivity index is 2.73. The summed E-state index contributed by atoms with van der Waals surface area (Å²) in [5, 5.41) is 0. The van der Waals surface area contributed by atoms with Gasteiger partial charge in [0.25, 0.3) is 0 Å². The maximum absolute atomic E-state index is 5.53. The highest BCUT2D eigenvalue weighted by Crippen LogP contribution is 2.24. The van der Waals surface area contributed by atoms with Crippen LogP contribution in [0.25, 0.3) is 0 Å². The summed E-state index contributed by atoms with van der Waals surface area (Å²) in [5.41, 5.74) is 0. The predicted octanol–water partition coefficient (Wildman–Crippen LogP) is 3.49. The van der Waals surface area contributed by atoms with Crippen molar-refractivity contribution in [1.82, 2.24) is 0 Å². The molecule has 0 aliphatic rings. The van der Waals surface area contributed by atoms with Crippen molar-refractivity contribution in [1.29, 1.82) is 0 Å². The fourth-order valence-electron chi connectivity index (χ4n) is 1.36. The van der Waals surface area contributed by atoms with Gasteiger partial charge in [-0.2, -0.15) is 0 Å². The molecule has 1 heterocycles. The molecule has 0 bridgehead atoms. The zero-order chi connectivity index (χ0) is 8.27. The standard InChI is InChI=1S/C10H16O/c1-4-9(5-2)10-7-6-8(3)11-10/h6-7,9H,4-5H2,1-3H3. The summed E-state index contributed by atoms with van der Waals surface area (Å²) < 4.78 is 5.53. The van der Waals surface area contributed by atoms with Crippen LogP contribution in [0.2, 0.25) is 0 Å². The van der Waals surface area contributed by atoms with Crippen molar-refractivity contribution in [2.24, 2.45) is 0 Å². The van der Waals surface area contributed by atoms with Crippen LogP contribution in [0.4, 0.5) is 0 Å². The Morgan fingerprint density at radius 1 is 1.27 bits per heavy atom. The van der Waals surface area contributed by atoms with E-state index in [0.717, 1.165) is 11.5 Å². The topological polar surface area (TPSA) is 13.1 Å². The number of aryl methyl sites for hydroxylation is 1. The molecule has 11 heavy (non-hydrogen) atoms. The van der Waals surface area contributed by atoms with E-state index in [1.165, 1.54) is 12.8 Å². The second-order valence-corrected chi connectivity index (χ2v) is 2.96. The van der Waals surface area contributed by atoms with E-state index >= 15 is 0 Å². The van der Waals surface area contributed by atoms with Gasteiger partial charge < -0.3 is 4.42 Å². The van der Waals surface area contributed by atoms with Crippen molar-refractivity contribution in [3.8, 4) is 0 Å². The molecule has 1 heteroatoms. The van der Waals surface area contributed by atoms with Crippen molar-refractivity contribution >= 4 is 0 Å². The first-order valence-corrected chi connectivity index (χ1v) is 4.34. The average molecular weight is 152 g/mol. The van der Waals surface area contributed by atoms with Gasteiger partial charge in [0.15, 0.2) is 0 Å². The summed E-state index contributed by atoms with van der Waals surface area (Å²) >= 11 is 0. The van der Waals surface area contributed by atoms with Gasteiger partial charge in [-0.15, -0.1) is 0 Å². The van der Waals surface area contributed by atoms with Crippen LogP contribution in [0.15, 0.2) is 16.5 Å². The molecule has 0 aliphatic heterocycles. The van der Waals surface area contributed by atoms with Gasteiger partial charge in [-0.3, -0.25) is 0 Å². The third kappa shape index (κ3) is 1.86. The van der Waals surface area contributed by atoms with Crippen LogP contribution in [0, 0.1) is 6.92 Å². The maximum atomic E-state index is 5.53. The highest BCUT2D eigenvalue weighted by atomic mass is 16.3. The molecule has 0 spiro atoms. The van der Waals surface area contributed by atoms with Crippen molar-refractivity contribution in [3.05, 3.63) is 23.7 Å². The van der Waals surface area contributed by atoms with Gasteiger partial charge in [-0.05, 0) is 31.9 Å². The van der Waals surface area contributed by atoms with E-state index in [0.29, 0.717) is 5.92 Å². The van der Waals surface area contributed by atoms with Crippen LogP contribution >= 0.6 is 0 Å². The summed E-state index contributed by atoms with van der Waals surface area (Å²) in [5.74, 6) is 2.78. The van der Waals surface area contributed by atoms with Crippen LogP contribution in [-0.2, 0) is 0 Å².